The molecule has 7 heteroatoms. The van der Waals surface area contributed by atoms with Gasteiger partial charge in [-0.1, -0.05) is 30.3 Å². The molecule has 1 saturated heterocycles. The van der Waals surface area contributed by atoms with E-state index in [4.69, 9.17) is 0 Å². The van der Waals surface area contributed by atoms with Gasteiger partial charge in [0.25, 0.3) is 0 Å². The van der Waals surface area contributed by atoms with E-state index in [1.807, 2.05) is 30.3 Å². The summed E-state index contributed by atoms with van der Waals surface area (Å²) in [5.41, 5.74) is 1.10. The first-order chi connectivity index (χ1) is 10.6. The van der Waals surface area contributed by atoms with Gasteiger partial charge in [0.1, 0.15) is 12.1 Å². The lowest BCUT2D eigenvalue weighted by atomic mass is 10.2. The third-order valence-electron chi connectivity index (χ3n) is 3.32. The van der Waals surface area contributed by atoms with Crippen molar-refractivity contribution in [1.29, 1.82) is 0 Å². The second-order valence-corrected chi connectivity index (χ2v) is 6.09. The van der Waals surface area contributed by atoms with Crippen LogP contribution < -0.4 is 10.6 Å². The zero-order chi connectivity index (χ0) is 15.9. The summed E-state index contributed by atoms with van der Waals surface area (Å²) in [6.45, 7) is 0. The minimum absolute atomic E-state index is 0.175. The number of rotatable bonds is 7. The highest BCUT2D eigenvalue weighted by atomic mass is 32.2. The summed E-state index contributed by atoms with van der Waals surface area (Å²) >= 11 is 1.44. The Labute approximate surface area is 132 Å². The summed E-state index contributed by atoms with van der Waals surface area (Å²) < 4.78 is 0. The quantitative estimate of drug-likeness (QED) is 0.689. The van der Waals surface area contributed by atoms with Gasteiger partial charge in [0, 0.05) is 17.9 Å². The van der Waals surface area contributed by atoms with E-state index in [2.05, 4.69) is 10.6 Å². The summed E-state index contributed by atoms with van der Waals surface area (Å²) in [6.07, 6.45) is 0.715. The second kappa shape index (κ2) is 7.84. The van der Waals surface area contributed by atoms with E-state index in [-0.39, 0.29) is 11.7 Å². The fraction of sp³-hybridized carbons (Fsp3) is 0.400. The summed E-state index contributed by atoms with van der Waals surface area (Å²) in [7, 11) is 0. The van der Waals surface area contributed by atoms with E-state index in [9.17, 15) is 19.5 Å². The number of carboxylic acid groups (broad SMARTS) is 1. The molecule has 118 valence electrons. The van der Waals surface area contributed by atoms with Crippen molar-refractivity contribution in [2.24, 2.45) is 0 Å². The van der Waals surface area contributed by atoms with Crippen molar-refractivity contribution in [3.63, 3.8) is 0 Å². The molecule has 1 fully saturated rings. The molecule has 1 aromatic rings. The van der Waals surface area contributed by atoms with E-state index in [1.165, 1.54) is 11.8 Å². The van der Waals surface area contributed by atoms with Crippen molar-refractivity contribution in [3.05, 3.63) is 35.9 Å². The van der Waals surface area contributed by atoms with E-state index in [0.29, 0.717) is 18.6 Å². The molecule has 0 radical (unpaired) electrons. The number of amides is 2. The van der Waals surface area contributed by atoms with Crippen LogP contribution in [-0.4, -0.2) is 40.7 Å². The van der Waals surface area contributed by atoms with Gasteiger partial charge in [0.2, 0.25) is 11.8 Å². The molecule has 1 aliphatic rings. The van der Waals surface area contributed by atoms with Crippen LogP contribution in [0, 0.1) is 0 Å². The van der Waals surface area contributed by atoms with Gasteiger partial charge in [0.05, 0.1) is 0 Å². The number of carbonyl (C=O) groups is 3. The standard InChI is InChI=1S/C15H18N2O4S/c18-13-7-6-11(16-13)14(19)17-12(15(20)21)9-22-8-10-4-2-1-3-5-10/h1-5,11-12H,6-9H2,(H,16,18)(H,17,19)(H,20,21)/t11-,12-/m0/s1. The van der Waals surface area contributed by atoms with Crippen molar-refractivity contribution in [2.45, 2.75) is 30.7 Å². The second-order valence-electron chi connectivity index (χ2n) is 5.06. The fourth-order valence-corrected chi connectivity index (χ4v) is 3.13. The third kappa shape index (κ3) is 4.77. The number of carbonyl (C=O) groups excluding carboxylic acids is 2. The Balaban J connectivity index is 1.81. The van der Waals surface area contributed by atoms with Crippen LogP contribution in [0.4, 0.5) is 0 Å². The molecular weight excluding hydrogens is 304 g/mol. The van der Waals surface area contributed by atoms with Crippen LogP contribution in [0.15, 0.2) is 30.3 Å². The molecule has 3 N–H and O–H groups in total. The molecule has 0 unspecified atom stereocenters. The number of benzene rings is 1. The number of hydrogen-bond acceptors (Lipinski definition) is 4. The topological polar surface area (TPSA) is 95.5 Å². The van der Waals surface area contributed by atoms with Gasteiger partial charge in [-0.3, -0.25) is 9.59 Å². The fourth-order valence-electron chi connectivity index (χ4n) is 2.13. The maximum absolute atomic E-state index is 11.9. The average Bonchev–Trinajstić information content (AvgIpc) is 2.93. The van der Waals surface area contributed by atoms with Crippen LogP contribution in [0.3, 0.4) is 0 Å². The maximum atomic E-state index is 11.9. The van der Waals surface area contributed by atoms with Crippen LogP contribution in [-0.2, 0) is 20.1 Å². The Morgan fingerprint density at radius 2 is 2.09 bits per heavy atom. The van der Waals surface area contributed by atoms with Gasteiger partial charge in [-0.25, -0.2) is 4.79 Å². The Morgan fingerprint density at radius 3 is 2.68 bits per heavy atom. The first kappa shape index (κ1) is 16.4. The van der Waals surface area contributed by atoms with Gasteiger partial charge in [-0.05, 0) is 12.0 Å². The Hall–Kier alpha value is -2.02. The van der Waals surface area contributed by atoms with Crippen LogP contribution in [0.5, 0.6) is 0 Å². The molecule has 1 aromatic carbocycles. The van der Waals surface area contributed by atoms with Gasteiger partial charge in [-0.15, -0.1) is 0 Å². The molecule has 1 aliphatic heterocycles. The molecule has 2 amide bonds. The summed E-state index contributed by atoms with van der Waals surface area (Å²) in [4.78, 5) is 34.3. The lowest BCUT2D eigenvalue weighted by molar-refractivity contribution is -0.141. The zero-order valence-electron chi connectivity index (χ0n) is 12.0. The highest BCUT2D eigenvalue weighted by Gasteiger charge is 2.30. The molecule has 2 atom stereocenters. The van der Waals surface area contributed by atoms with Crippen LogP contribution in [0.1, 0.15) is 18.4 Å². The number of thioether (sulfide) groups is 1. The Bertz CT molecular complexity index is 550. The predicted octanol–water partition coefficient (Wildman–Crippen LogP) is 0.768. The van der Waals surface area contributed by atoms with E-state index >= 15 is 0 Å². The number of nitrogens with one attached hydrogen (secondary N) is 2. The lowest BCUT2D eigenvalue weighted by Gasteiger charge is -2.17. The predicted molar refractivity (Wildman–Crippen MR) is 83.3 cm³/mol. The van der Waals surface area contributed by atoms with E-state index in [0.717, 1.165) is 5.56 Å². The van der Waals surface area contributed by atoms with Crippen molar-refractivity contribution in [3.8, 4) is 0 Å². The Kier molecular flexibility index (Phi) is 5.83. The molecular formula is C15H18N2O4S. The van der Waals surface area contributed by atoms with Crippen molar-refractivity contribution in [2.75, 3.05) is 5.75 Å². The highest BCUT2D eigenvalue weighted by Crippen LogP contribution is 2.13. The van der Waals surface area contributed by atoms with E-state index in [1.54, 1.807) is 0 Å². The summed E-state index contributed by atoms with van der Waals surface area (Å²) in [5.74, 6) is -0.723. The Morgan fingerprint density at radius 1 is 1.36 bits per heavy atom. The van der Waals surface area contributed by atoms with Gasteiger partial charge < -0.3 is 15.7 Å². The molecule has 0 saturated carbocycles. The molecule has 0 spiro atoms. The van der Waals surface area contributed by atoms with Crippen LogP contribution in [0.2, 0.25) is 0 Å². The molecule has 0 aliphatic carbocycles. The SMILES string of the molecule is O=C1CC[C@@H](C(=O)N[C@@H](CSCc2ccccc2)C(=O)O)N1. The highest BCUT2D eigenvalue weighted by molar-refractivity contribution is 7.98. The molecule has 0 aromatic heterocycles. The normalized spacial score (nSPS) is 18.5. The monoisotopic (exact) mass is 322 g/mol. The smallest absolute Gasteiger partial charge is 0.327 e. The minimum Gasteiger partial charge on any atom is -0.480 e. The number of carboxylic acids is 1. The summed E-state index contributed by atoms with van der Waals surface area (Å²) in [6, 6.07) is 8.13. The van der Waals surface area contributed by atoms with Gasteiger partial charge in [-0.2, -0.15) is 11.8 Å². The number of hydrogen-bond donors (Lipinski definition) is 3. The largest absolute Gasteiger partial charge is 0.480 e. The summed E-state index contributed by atoms with van der Waals surface area (Å²) in [5, 5.41) is 14.2. The zero-order valence-corrected chi connectivity index (χ0v) is 12.8. The van der Waals surface area contributed by atoms with Crippen LogP contribution in [0.25, 0.3) is 0 Å². The third-order valence-corrected chi connectivity index (χ3v) is 4.43. The molecule has 2 rings (SSSR count). The van der Waals surface area contributed by atoms with Crippen molar-refractivity contribution < 1.29 is 19.5 Å². The molecule has 22 heavy (non-hydrogen) atoms. The minimum atomic E-state index is -1.07. The lowest BCUT2D eigenvalue weighted by Crippen LogP contribution is -2.49. The van der Waals surface area contributed by atoms with Crippen molar-refractivity contribution >= 4 is 29.5 Å². The average molecular weight is 322 g/mol. The molecule has 0 bridgehead atoms. The van der Waals surface area contributed by atoms with E-state index < -0.39 is 24.0 Å². The molecule has 1 heterocycles. The van der Waals surface area contributed by atoms with Crippen molar-refractivity contribution in [1.82, 2.24) is 10.6 Å². The number of aliphatic carboxylic acids is 1. The first-order valence-electron chi connectivity index (χ1n) is 7.00. The maximum Gasteiger partial charge on any atom is 0.327 e. The van der Waals surface area contributed by atoms with Gasteiger partial charge in [0.15, 0.2) is 0 Å². The van der Waals surface area contributed by atoms with Crippen LogP contribution >= 0.6 is 11.8 Å². The molecule has 6 nitrogen and oxygen atoms in total. The van der Waals surface area contributed by atoms with Gasteiger partial charge >= 0.3 is 5.97 Å². The first-order valence-corrected chi connectivity index (χ1v) is 8.16.